The van der Waals surface area contributed by atoms with Gasteiger partial charge in [0.05, 0.1) is 5.92 Å². The van der Waals surface area contributed by atoms with Gasteiger partial charge < -0.3 is 20.4 Å². The maximum Gasteiger partial charge on any atom is 0.319 e. The van der Waals surface area contributed by atoms with Crippen LogP contribution >= 0.6 is 0 Å². The van der Waals surface area contributed by atoms with Crippen molar-refractivity contribution in [2.24, 2.45) is 5.92 Å². The molecule has 2 N–H and O–H groups in total. The number of rotatable bonds is 4. The van der Waals surface area contributed by atoms with Crippen LogP contribution in [0.15, 0.2) is 24.3 Å². The van der Waals surface area contributed by atoms with E-state index in [1.807, 2.05) is 0 Å². The molecule has 164 valence electrons. The zero-order chi connectivity index (χ0) is 21.7. The van der Waals surface area contributed by atoms with Crippen molar-refractivity contribution in [1.29, 1.82) is 0 Å². The second-order valence-corrected chi connectivity index (χ2v) is 8.45. The lowest BCUT2D eigenvalue weighted by molar-refractivity contribution is -0.127. The highest BCUT2D eigenvalue weighted by Crippen LogP contribution is 2.22. The molecule has 1 heterocycles. The molecule has 2 fully saturated rings. The van der Waals surface area contributed by atoms with Crippen LogP contribution < -0.4 is 10.6 Å². The van der Waals surface area contributed by atoms with Crippen LogP contribution in [0.25, 0.3) is 0 Å². The Morgan fingerprint density at radius 2 is 1.60 bits per heavy atom. The van der Waals surface area contributed by atoms with Crippen molar-refractivity contribution < 1.29 is 18.8 Å². The molecular formula is C22H31FN4O3. The molecule has 30 heavy (non-hydrogen) atoms. The monoisotopic (exact) mass is 418 g/mol. The number of urea groups is 1. The number of carbonyl (C=O) groups is 3. The van der Waals surface area contributed by atoms with Crippen molar-refractivity contribution in [3.63, 3.8) is 0 Å². The molecule has 1 saturated carbocycles. The summed E-state index contributed by atoms with van der Waals surface area (Å²) in [6, 6.07) is 5.06. The van der Waals surface area contributed by atoms with Gasteiger partial charge in [-0.05, 0) is 49.9 Å². The summed E-state index contributed by atoms with van der Waals surface area (Å²) in [5.41, 5.74) is 0.400. The molecule has 2 unspecified atom stereocenters. The van der Waals surface area contributed by atoms with Gasteiger partial charge in [0, 0.05) is 44.8 Å². The highest BCUT2D eigenvalue weighted by Gasteiger charge is 2.33. The number of nitrogens with one attached hydrogen (secondary N) is 2. The van der Waals surface area contributed by atoms with E-state index in [4.69, 9.17) is 0 Å². The van der Waals surface area contributed by atoms with Gasteiger partial charge in [-0.3, -0.25) is 9.59 Å². The van der Waals surface area contributed by atoms with E-state index in [2.05, 4.69) is 10.6 Å². The summed E-state index contributed by atoms with van der Waals surface area (Å²) in [5.74, 6) is -0.942. The molecule has 0 aromatic heterocycles. The van der Waals surface area contributed by atoms with Gasteiger partial charge in [-0.1, -0.05) is 12.8 Å². The molecule has 7 nitrogen and oxygen atoms in total. The fraction of sp³-hybridized carbons (Fsp3) is 0.591. The molecule has 1 saturated heterocycles. The van der Waals surface area contributed by atoms with Gasteiger partial charge >= 0.3 is 6.03 Å². The third kappa shape index (κ3) is 5.49. The van der Waals surface area contributed by atoms with Gasteiger partial charge in [-0.25, -0.2) is 9.18 Å². The van der Waals surface area contributed by atoms with Crippen molar-refractivity contribution in [2.75, 3.05) is 27.2 Å². The summed E-state index contributed by atoms with van der Waals surface area (Å²) in [4.78, 5) is 41.0. The highest BCUT2D eigenvalue weighted by molar-refractivity contribution is 5.94. The zero-order valence-corrected chi connectivity index (χ0v) is 17.7. The fourth-order valence-electron chi connectivity index (χ4n) is 4.28. The van der Waals surface area contributed by atoms with Crippen LogP contribution in [0.1, 0.15) is 48.9 Å². The van der Waals surface area contributed by atoms with Gasteiger partial charge in [0.25, 0.3) is 5.91 Å². The first-order valence-corrected chi connectivity index (χ1v) is 10.7. The predicted octanol–water partition coefficient (Wildman–Crippen LogP) is 2.38. The van der Waals surface area contributed by atoms with E-state index >= 15 is 0 Å². The van der Waals surface area contributed by atoms with Crippen molar-refractivity contribution in [3.8, 4) is 0 Å². The fourth-order valence-corrected chi connectivity index (χ4v) is 4.28. The first-order chi connectivity index (χ1) is 14.3. The van der Waals surface area contributed by atoms with Crippen LogP contribution in [0.5, 0.6) is 0 Å². The largest absolute Gasteiger partial charge is 0.351 e. The minimum absolute atomic E-state index is 0.0563. The molecular weight excluding hydrogens is 387 g/mol. The van der Waals surface area contributed by atoms with Crippen LogP contribution in [0, 0.1) is 11.7 Å². The normalized spacial score (nSPS) is 24.1. The van der Waals surface area contributed by atoms with Crippen LogP contribution in [-0.2, 0) is 4.79 Å². The summed E-state index contributed by atoms with van der Waals surface area (Å²) < 4.78 is 13.1. The van der Waals surface area contributed by atoms with E-state index in [1.165, 1.54) is 29.2 Å². The number of benzene rings is 1. The standard InChI is InChI=1S/C22H31FN4O3/c1-26(2)22(30)27-13-5-6-16(14-27)21(29)25-19-8-4-3-7-18(19)24-20(28)15-9-11-17(23)12-10-15/h9-12,16,18-19H,3-8,13-14H2,1-2H3,(H,24,28)(H,25,29)/t16?,18-,19?/m1/s1. The Balaban J connectivity index is 1.59. The molecule has 2 aliphatic rings. The Kier molecular flexibility index (Phi) is 7.29. The summed E-state index contributed by atoms with van der Waals surface area (Å²) in [6.45, 7) is 1.09. The maximum absolute atomic E-state index is 13.1. The zero-order valence-electron chi connectivity index (χ0n) is 17.7. The average molecular weight is 419 g/mol. The molecule has 3 rings (SSSR count). The molecule has 3 atom stereocenters. The minimum Gasteiger partial charge on any atom is -0.351 e. The molecule has 1 aromatic rings. The number of carbonyl (C=O) groups excluding carboxylic acids is 3. The second-order valence-electron chi connectivity index (χ2n) is 8.45. The van der Waals surface area contributed by atoms with Crippen molar-refractivity contribution >= 4 is 17.8 Å². The lowest BCUT2D eigenvalue weighted by Crippen LogP contribution is -2.56. The van der Waals surface area contributed by atoms with E-state index in [9.17, 15) is 18.8 Å². The summed E-state index contributed by atoms with van der Waals surface area (Å²) in [6.07, 6.45) is 5.11. The van der Waals surface area contributed by atoms with Gasteiger partial charge in [0.15, 0.2) is 0 Å². The van der Waals surface area contributed by atoms with Gasteiger partial charge in [-0.15, -0.1) is 0 Å². The van der Waals surface area contributed by atoms with Crippen LogP contribution in [-0.4, -0.2) is 66.9 Å². The summed E-state index contributed by atoms with van der Waals surface area (Å²) in [7, 11) is 3.42. The van der Waals surface area contributed by atoms with Gasteiger partial charge in [-0.2, -0.15) is 0 Å². The Labute approximate surface area is 177 Å². The Morgan fingerprint density at radius 3 is 2.23 bits per heavy atom. The average Bonchev–Trinajstić information content (AvgIpc) is 2.75. The SMILES string of the molecule is CN(C)C(=O)N1CCCC(C(=O)NC2CCCC[C@H]2NC(=O)c2ccc(F)cc2)C1. The topological polar surface area (TPSA) is 81.8 Å². The molecule has 1 aliphatic heterocycles. The predicted molar refractivity (Wildman–Crippen MR) is 111 cm³/mol. The number of likely N-dealkylation sites (tertiary alicyclic amines) is 1. The van der Waals surface area contributed by atoms with Crippen LogP contribution in [0.4, 0.5) is 9.18 Å². The smallest absolute Gasteiger partial charge is 0.319 e. The Morgan fingerprint density at radius 1 is 0.967 bits per heavy atom. The number of amides is 4. The number of halogens is 1. The summed E-state index contributed by atoms with van der Waals surface area (Å²) in [5, 5.41) is 6.14. The second kappa shape index (κ2) is 9.91. The van der Waals surface area contributed by atoms with Crippen molar-refractivity contribution in [2.45, 2.75) is 50.6 Å². The molecule has 8 heteroatoms. The van der Waals surface area contributed by atoms with Gasteiger partial charge in [0.2, 0.25) is 5.91 Å². The van der Waals surface area contributed by atoms with E-state index in [0.717, 1.165) is 38.5 Å². The van der Waals surface area contributed by atoms with Crippen molar-refractivity contribution in [3.05, 3.63) is 35.6 Å². The first-order valence-electron chi connectivity index (χ1n) is 10.7. The van der Waals surface area contributed by atoms with E-state index < -0.39 is 0 Å². The molecule has 1 aromatic carbocycles. The third-order valence-electron chi connectivity index (χ3n) is 5.96. The molecule has 0 spiro atoms. The summed E-state index contributed by atoms with van der Waals surface area (Å²) >= 11 is 0. The Bertz CT molecular complexity index is 768. The van der Waals surface area contributed by atoms with Crippen LogP contribution in [0.2, 0.25) is 0 Å². The molecule has 4 amide bonds. The first kappa shape index (κ1) is 22.1. The molecule has 1 aliphatic carbocycles. The molecule has 0 radical (unpaired) electrons. The van der Waals surface area contributed by atoms with Crippen LogP contribution in [0.3, 0.4) is 0 Å². The lowest BCUT2D eigenvalue weighted by atomic mass is 9.89. The highest BCUT2D eigenvalue weighted by atomic mass is 19.1. The number of piperidine rings is 1. The Hall–Kier alpha value is -2.64. The number of hydrogen-bond acceptors (Lipinski definition) is 3. The van der Waals surface area contributed by atoms with E-state index in [1.54, 1.807) is 19.0 Å². The van der Waals surface area contributed by atoms with Crippen molar-refractivity contribution in [1.82, 2.24) is 20.4 Å². The van der Waals surface area contributed by atoms with Gasteiger partial charge in [0.1, 0.15) is 5.82 Å². The third-order valence-corrected chi connectivity index (χ3v) is 5.96. The minimum atomic E-state index is -0.386. The quantitative estimate of drug-likeness (QED) is 0.788. The van der Waals surface area contributed by atoms with E-state index in [-0.39, 0.29) is 41.7 Å². The molecule has 0 bridgehead atoms. The van der Waals surface area contributed by atoms with E-state index in [0.29, 0.717) is 18.7 Å². The number of nitrogens with zero attached hydrogens (tertiary/aromatic N) is 2. The lowest BCUT2D eigenvalue weighted by Gasteiger charge is -2.37. The maximum atomic E-state index is 13.1. The number of hydrogen-bond donors (Lipinski definition) is 2.